The number of rotatable bonds is 6. The Morgan fingerprint density at radius 1 is 0.920 bits per heavy atom. The van der Waals surface area contributed by atoms with Crippen molar-refractivity contribution >= 4 is 12.1 Å². The Hall–Kier alpha value is -2.50. The standard InChI is InChI=1S/C20H24N4O/c25-20(22-21-15-18-7-3-1-4-8-18)17-24-13-11-23(12-14-24)16-19-9-5-2-6-10-19/h1-10,15H,11-14,16-17H2,(H,22,25)/b21-15+. The van der Waals surface area contributed by atoms with Gasteiger partial charge in [-0.3, -0.25) is 14.6 Å². The fourth-order valence-corrected chi connectivity index (χ4v) is 2.90. The van der Waals surface area contributed by atoms with Crippen LogP contribution >= 0.6 is 0 Å². The van der Waals surface area contributed by atoms with Gasteiger partial charge in [-0.2, -0.15) is 5.10 Å². The van der Waals surface area contributed by atoms with Gasteiger partial charge in [0, 0.05) is 32.7 Å². The van der Waals surface area contributed by atoms with E-state index in [0.29, 0.717) is 6.54 Å². The van der Waals surface area contributed by atoms with Gasteiger partial charge in [-0.05, 0) is 11.1 Å². The smallest absolute Gasteiger partial charge is 0.254 e. The maximum Gasteiger partial charge on any atom is 0.254 e. The van der Waals surface area contributed by atoms with Crippen molar-refractivity contribution in [1.82, 2.24) is 15.2 Å². The number of nitrogens with zero attached hydrogens (tertiary/aromatic N) is 3. The van der Waals surface area contributed by atoms with Crippen molar-refractivity contribution in [2.45, 2.75) is 6.54 Å². The highest BCUT2D eigenvalue weighted by Gasteiger charge is 2.18. The number of hydrogen-bond donors (Lipinski definition) is 1. The predicted octanol–water partition coefficient (Wildman–Crippen LogP) is 1.95. The lowest BCUT2D eigenvalue weighted by atomic mass is 10.2. The van der Waals surface area contributed by atoms with Crippen molar-refractivity contribution in [3.63, 3.8) is 0 Å². The van der Waals surface area contributed by atoms with Crippen molar-refractivity contribution in [2.75, 3.05) is 32.7 Å². The number of hydrogen-bond acceptors (Lipinski definition) is 4. The first-order valence-corrected chi connectivity index (χ1v) is 8.65. The summed E-state index contributed by atoms with van der Waals surface area (Å²) in [5.41, 5.74) is 4.91. The van der Waals surface area contributed by atoms with Gasteiger partial charge in [0.1, 0.15) is 0 Å². The molecule has 1 N–H and O–H groups in total. The summed E-state index contributed by atoms with van der Waals surface area (Å²) in [6.45, 7) is 5.14. The van der Waals surface area contributed by atoms with Crippen molar-refractivity contribution in [1.29, 1.82) is 0 Å². The molecule has 1 amide bonds. The Bertz CT molecular complexity index is 679. The van der Waals surface area contributed by atoms with Crippen LogP contribution in [0.3, 0.4) is 0 Å². The van der Waals surface area contributed by atoms with Crippen LogP contribution in [0.5, 0.6) is 0 Å². The summed E-state index contributed by atoms with van der Waals surface area (Å²) < 4.78 is 0. The van der Waals surface area contributed by atoms with E-state index in [1.807, 2.05) is 36.4 Å². The molecule has 0 spiro atoms. The molecule has 0 unspecified atom stereocenters. The van der Waals surface area contributed by atoms with Gasteiger partial charge in [0.05, 0.1) is 12.8 Å². The maximum atomic E-state index is 12.0. The van der Waals surface area contributed by atoms with Gasteiger partial charge in [0.2, 0.25) is 0 Å². The zero-order valence-corrected chi connectivity index (χ0v) is 14.3. The van der Waals surface area contributed by atoms with Crippen molar-refractivity contribution < 1.29 is 4.79 Å². The monoisotopic (exact) mass is 336 g/mol. The van der Waals surface area contributed by atoms with Gasteiger partial charge in [0.15, 0.2) is 0 Å². The SMILES string of the molecule is O=C(CN1CCN(Cc2ccccc2)CC1)N/N=C/c1ccccc1. The Balaban J connectivity index is 1.37. The highest BCUT2D eigenvalue weighted by Crippen LogP contribution is 2.08. The van der Waals surface area contributed by atoms with Crippen LogP contribution in [0.2, 0.25) is 0 Å². The maximum absolute atomic E-state index is 12.0. The molecule has 0 radical (unpaired) electrons. The summed E-state index contributed by atoms with van der Waals surface area (Å²) >= 11 is 0. The van der Waals surface area contributed by atoms with Crippen LogP contribution in [0.1, 0.15) is 11.1 Å². The minimum absolute atomic E-state index is 0.0660. The Morgan fingerprint density at radius 3 is 2.20 bits per heavy atom. The molecule has 1 aliphatic heterocycles. The molecule has 0 atom stereocenters. The van der Waals surface area contributed by atoms with E-state index in [9.17, 15) is 4.79 Å². The second kappa shape index (κ2) is 9.11. The van der Waals surface area contributed by atoms with E-state index in [0.717, 1.165) is 38.3 Å². The van der Waals surface area contributed by atoms with Crippen molar-refractivity contribution in [3.05, 3.63) is 71.8 Å². The molecule has 2 aromatic rings. The van der Waals surface area contributed by atoms with E-state index in [2.05, 4.69) is 44.6 Å². The third-order valence-corrected chi connectivity index (χ3v) is 4.28. The number of nitrogens with one attached hydrogen (secondary N) is 1. The van der Waals surface area contributed by atoms with Gasteiger partial charge in [0.25, 0.3) is 5.91 Å². The number of piperazine rings is 1. The number of carbonyl (C=O) groups is 1. The Kier molecular flexibility index (Phi) is 6.31. The first-order valence-electron chi connectivity index (χ1n) is 8.65. The van der Waals surface area contributed by atoms with Crippen LogP contribution < -0.4 is 5.43 Å². The van der Waals surface area contributed by atoms with E-state index >= 15 is 0 Å². The largest absolute Gasteiger partial charge is 0.297 e. The summed E-state index contributed by atoms with van der Waals surface area (Å²) in [5.74, 6) is -0.0660. The molecule has 1 fully saturated rings. The molecule has 1 saturated heterocycles. The fourth-order valence-electron chi connectivity index (χ4n) is 2.90. The fraction of sp³-hybridized carbons (Fsp3) is 0.300. The second-order valence-corrected chi connectivity index (χ2v) is 6.24. The predicted molar refractivity (Wildman–Crippen MR) is 100 cm³/mol. The Morgan fingerprint density at radius 2 is 1.52 bits per heavy atom. The molecule has 5 nitrogen and oxygen atoms in total. The average molecular weight is 336 g/mol. The van der Waals surface area contributed by atoms with Gasteiger partial charge < -0.3 is 0 Å². The molecule has 3 rings (SSSR count). The molecule has 2 aromatic carbocycles. The quantitative estimate of drug-likeness (QED) is 0.648. The van der Waals surface area contributed by atoms with Gasteiger partial charge >= 0.3 is 0 Å². The highest BCUT2D eigenvalue weighted by molar-refractivity contribution is 5.83. The van der Waals surface area contributed by atoms with Gasteiger partial charge in [-0.25, -0.2) is 5.43 Å². The van der Waals surface area contributed by atoms with Gasteiger partial charge in [-0.15, -0.1) is 0 Å². The number of carbonyl (C=O) groups excluding carboxylic acids is 1. The molecule has 0 aromatic heterocycles. The van der Waals surface area contributed by atoms with E-state index in [-0.39, 0.29) is 5.91 Å². The summed E-state index contributed by atoms with van der Waals surface area (Å²) in [6.07, 6.45) is 1.66. The average Bonchev–Trinajstić information content (AvgIpc) is 2.65. The van der Waals surface area contributed by atoms with Gasteiger partial charge in [-0.1, -0.05) is 60.7 Å². The van der Waals surface area contributed by atoms with Crippen LogP contribution in [0.15, 0.2) is 65.8 Å². The molecule has 130 valence electrons. The normalized spacial score (nSPS) is 16.2. The topological polar surface area (TPSA) is 47.9 Å². The lowest BCUT2D eigenvalue weighted by Crippen LogP contribution is -2.48. The van der Waals surface area contributed by atoms with Crippen LogP contribution in [0.4, 0.5) is 0 Å². The van der Waals surface area contributed by atoms with E-state index in [4.69, 9.17) is 0 Å². The summed E-state index contributed by atoms with van der Waals surface area (Å²) in [6, 6.07) is 20.2. The Labute approximate surface area is 148 Å². The molecule has 1 heterocycles. The van der Waals surface area contributed by atoms with E-state index in [1.165, 1.54) is 5.56 Å². The first kappa shape index (κ1) is 17.3. The summed E-state index contributed by atoms with van der Waals surface area (Å²) in [4.78, 5) is 16.6. The molecule has 25 heavy (non-hydrogen) atoms. The molecule has 0 aliphatic carbocycles. The minimum atomic E-state index is -0.0660. The highest BCUT2D eigenvalue weighted by atomic mass is 16.2. The molecular weight excluding hydrogens is 312 g/mol. The molecular formula is C20H24N4O. The zero-order valence-electron chi connectivity index (χ0n) is 14.3. The third kappa shape index (κ3) is 5.81. The van der Waals surface area contributed by atoms with Crippen LogP contribution in [0, 0.1) is 0 Å². The van der Waals surface area contributed by atoms with Crippen molar-refractivity contribution in [2.24, 2.45) is 5.10 Å². The van der Waals surface area contributed by atoms with E-state index in [1.54, 1.807) is 6.21 Å². The number of benzene rings is 2. The number of amides is 1. The van der Waals surface area contributed by atoms with Crippen LogP contribution in [0.25, 0.3) is 0 Å². The van der Waals surface area contributed by atoms with Crippen LogP contribution in [-0.4, -0.2) is 54.6 Å². The second-order valence-electron chi connectivity index (χ2n) is 6.24. The minimum Gasteiger partial charge on any atom is -0.297 e. The summed E-state index contributed by atoms with van der Waals surface area (Å²) in [7, 11) is 0. The third-order valence-electron chi connectivity index (χ3n) is 4.28. The lowest BCUT2D eigenvalue weighted by Gasteiger charge is -2.34. The molecule has 1 aliphatic rings. The lowest BCUT2D eigenvalue weighted by molar-refractivity contribution is -0.122. The number of hydrazone groups is 1. The summed E-state index contributed by atoms with van der Waals surface area (Å²) in [5, 5.41) is 4.02. The zero-order chi connectivity index (χ0) is 17.3. The molecule has 0 saturated carbocycles. The first-order chi connectivity index (χ1) is 12.3. The van der Waals surface area contributed by atoms with E-state index < -0.39 is 0 Å². The molecule has 0 bridgehead atoms. The molecule has 5 heteroatoms. The van der Waals surface area contributed by atoms with Crippen molar-refractivity contribution in [3.8, 4) is 0 Å². The van der Waals surface area contributed by atoms with Crippen LogP contribution in [-0.2, 0) is 11.3 Å².